The molecule has 3 aromatic rings. The Labute approximate surface area is 184 Å². The van der Waals surface area contributed by atoms with Gasteiger partial charge in [-0.25, -0.2) is 4.68 Å². The Morgan fingerprint density at radius 1 is 1.06 bits per heavy atom. The minimum atomic E-state index is 0.195. The minimum Gasteiger partial charge on any atom is -0.309 e. The number of aromatic nitrogens is 3. The van der Waals surface area contributed by atoms with E-state index in [1.165, 1.54) is 5.56 Å². The van der Waals surface area contributed by atoms with E-state index in [9.17, 15) is 4.79 Å². The second-order valence-corrected chi connectivity index (χ2v) is 8.20. The first-order chi connectivity index (χ1) is 15.2. The molecule has 0 atom stereocenters. The van der Waals surface area contributed by atoms with Crippen molar-refractivity contribution in [3.63, 3.8) is 0 Å². The fourth-order valence-electron chi connectivity index (χ4n) is 4.37. The van der Waals surface area contributed by atoms with Crippen molar-refractivity contribution in [1.82, 2.24) is 19.9 Å². The Morgan fingerprint density at radius 2 is 1.84 bits per heavy atom. The van der Waals surface area contributed by atoms with Crippen LogP contribution in [-0.2, 0) is 17.8 Å². The number of piperidine rings is 1. The molecule has 0 bridgehead atoms. The summed E-state index contributed by atoms with van der Waals surface area (Å²) < 4.78 is 1.80. The zero-order valence-electron chi connectivity index (χ0n) is 18.2. The summed E-state index contributed by atoms with van der Waals surface area (Å²) in [5.74, 6) is 0.195. The molecule has 2 aromatic carbocycles. The maximum Gasteiger partial charge on any atom is 0.226 e. The van der Waals surface area contributed by atoms with Gasteiger partial charge in [-0.2, -0.15) is 0 Å². The Hall–Kier alpha value is -2.99. The van der Waals surface area contributed by atoms with Crippen LogP contribution < -0.4 is 4.90 Å². The molecule has 0 spiro atoms. The zero-order chi connectivity index (χ0) is 21.5. The fourth-order valence-corrected chi connectivity index (χ4v) is 4.37. The molecule has 1 amide bonds. The van der Waals surface area contributed by atoms with E-state index in [1.54, 1.807) is 10.9 Å². The van der Waals surface area contributed by atoms with Gasteiger partial charge in [0.25, 0.3) is 0 Å². The number of carbonyl (C=O) groups is 1. The predicted octanol–water partition coefficient (Wildman–Crippen LogP) is 3.78. The van der Waals surface area contributed by atoms with Gasteiger partial charge in [0.1, 0.15) is 0 Å². The minimum absolute atomic E-state index is 0.195. The van der Waals surface area contributed by atoms with Gasteiger partial charge in [-0.05, 0) is 42.5 Å². The first kappa shape index (κ1) is 21.2. The summed E-state index contributed by atoms with van der Waals surface area (Å²) in [6.07, 6.45) is 7.14. The molecule has 1 fully saturated rings. The number of rotatable bonds is 8. The van der Waals surface area contributed by atoms with Crippen LogP contribution in [0.15, 0.2) is 67.0 Å². The van der Waals surface area contributed by atoms with Gasteiger partial charge in [-0.1, -0.05) is 54.6 Å². The van der Waals surface area contributed by atoms with Crippen LogP contribution in [0.5, 0.6) is 0 Å². The topological polar surface area (TPSA) is 54.3 Å². The average Bonchev–Trinajstić information content (AvgIpc) is 3.32. The molecule has 0 radical (unpaired) electrons. The highest BCUT2D eigenvalue weighted by Crippen LogP contribution is 2.26. The molecule has 31 heavy (non-hydrogen) atoms. The number of carbonyl (C=O) groups excluding carboxylic acids is 1. The highest BCUT2D eigenvalue weighted by molar-refractivity contribution is 5.93. The standard InChI is InChI=1S/C25H31N5O/c1-2-25(31)30(24-10-6-9-22(19-24)20-29-18-14-26-27-29)23-12-16-28(17-13-23)15-11-21-7-4-3-5-8-21/h3-10,14,18-19,23H,2,11-13,15-17,20H2,1H3. The Kier molecular flexibility index (Phi) is 7.10. The summed E-state index contributed by atoms with van der Waals surface area (Å²) in [4.78, 5) is 17.5. The van der Waals surface area contributed by atoms with Gasteiger partial charge in [0.05, 0.1) is 12.7 Å². The molecule has 1 aliphatic heterocycles. The van der Waals surface area contributed by atoms with Crippen molar-refractivity contribution in [3.05, 3.63) is 78.1 Å². The molecule has 1 saturated heterocycles. The molecular weight excluding hydrogens is 386 g/mol. The summed E-state index contributed by atoms with van der Waals surface area (Å²) in [6.45, 7) is 5.74. The lowest BCUT2D eigenvalue weighted by Crippen LogP contribution is -2.48. The van der Waals surface area contributed by atoms with Gasteiger partial charge in [0.15, 0.2) is 0 Å². The van der Waals surface area contributed by atoms with Gasteiger partial charge < -0.3 is 9.80 Å². The van der Waals surface area contributed by atoms with Gasteiger partial charge in [-0.15, -0.1) is 5.10 Å². The van der Waals surface area contributed by atoms with Gasteiger partial charge >= 0.3 is 0 Å². The van der Waals surface area contributed by atoms with E-state index in [0.29, 0.717) is 13.0 Å². The molecule has 0 saturated carbocycles. The van der Waals surface area contributed by atoms with Crippen molar-refractivity contribution >= 4 is 11.6 Å². The molecule has 4 rings (SSSR count). The molecule has 6 heteroatoms. The highest BCUT2D eigenvalue weighted by atomic mass is 16.2. The van der Waals surface area contributed by atoms with Crippen molar-refractivity contribution in [2.75, 3.05) is 24.5 Å². The number of anilines is 1. The van der Waals surface area contributed by atoms with Crippen LogP contribution in [-0.4, -0.2) is 51.5 Å². The van der Waals surface area contributed by atoms with Crippen LogP contribution in [0.1, 0.15) is 37.3 Å². The van der Waals surface area contributed by atoms with Crippen molar-refractivity contribution < 1.29 is 4.79 Å². The summed E-state index contributed by atoms with van der Waals surface area (Å²) in [6, 6.07) is 19.2. The number of amides is 1. The van der Waals surface area contributed by atoms with Crippen LogP contribution in [0.3, 0.4) is 0 Å². The second-order valence-electron chi connectivity index (χ2n) is 8.20. The number of nitrogens with zero attached hydrogens (tertiary/aromatic N) is 5. The zero-order valence-corrected chi connectivity index (χ0v) is 18.2. The van der Waals surface area contributed by atoms with Crippen LogP contribution in [0, 0.1) is 0 Å². The van der Waals surface area contributed by atoms with Crippen LogP contribution in [0.4, 0.5) is 5.69 Å². The van der Waals surface area contributed by atoms with Crippen molar-refractivity contribution in [2.24, 2.45) is 0 Å². The van der Waals surface area contributed by atoms with Gasteiger partial charge in [-0.3, -0.25) is 4.79 Å². The molecule has 0 N–H and O–H groups in total. The van der Waals surface area contributed by atoms with Gasteiger partial charge in [0.2, 0.25) is 5.91 Å². The van der Waals surface area contributed by atoms with E-state index in [0.717, 1.165) is 50.1 Å². The molecule has 162 valence electrons. The molecule has 0 aliphatic carbocycles. The summed E-state index contributed by atoms with van der Waals surface area (Å²) >= 11 is 0. The summed E-state index contributed by atoms with van der Waals surface area (Å²) in [5, 5.41) is 7.93. The Balaban J connectivity index is 1.40. The normalized spacial score (nSPS) is 15.1. The first-order valence-corrected chi connectivity index (χ1v) is 11.2. The maximum absolute atomic E-state index is 12.9. The van der Waals surface area contributed by atoms with E-state index in [2.05, 4.69) is 63.7 Å². The van der Waals surface area contributed by atoms with E-state index >= 15 is 0 Å². The molecule has 6 nitrogen and oxygen atoms in total. The lowest BCUT2D eigenvalue weighted by Gasteiger charge is -2.38. The first-order valence-electron chi connectivity index (χ1n) is 11.2. The predicted molar refractivity (Wildman–Crippen MR) is 123 cm³/mol. The fraction of sp³-hybridized carbons (Fsp3) is 0.400. The smallest absolute Gasteiger partial charge is 0.226 e. The van der Waals surface area contributed by atoms with Crippen molar-refractivity contribution in [1.29, 1.82) is 0 Å². The van der Waals surface area contributed by atoms with E-state index in [1.807, 2.05) is 24.1 Å². The van der Waals surface area contributed by atoms with Crippen molar-refractivity contribution in [2.45, 2.75) is 45.2 Å². The molecule has 0 unspecified atom stereocenters. The number of hydrogen-bond donors (Lipinski definition) is 0. The Bertz CT molecular complexity index is 949. The number of likely N-dealkylation sites (tertiary alicyclic amines) is 1. The van der Waals surface area contributed by atoms with Crippen molar-refractivity contribution in [3.8, 4) is 0 Å². The second kappa shape index (κ2) is 10.4. The van der Waals surface area contributed by atoms with Gasteiger partial charge in [0, 0.05) is 44.0 Å². The number of hydrogen-bond acceptors (Lipinski definition) is 4. The highest BCUT2D eigenvalue weighted by Gasteiger charge is 2.28. The molecular formula is C25H31N5O. The summed E-state index contributed by atoms with van der Waals surface area (Å²) in [5.41, 5.74) is 3.50. The van der Waals surface area contributed by atoms with Crippen LogP contribution in [0.25, 0.3) is 0 Å². The summed E-state index contributed by atoms with van der Waals surface area (Å²) in [7, 11) is 0. The molecule has 2 heterocycles. The maximum atomic E-state index is 12.9. The van der Waals surface area contributed by atoms with E-state index < -0.39 is 0 Å². The third kappa shape index (κ3) is 5.58. The van der Waals surface area contributed by atoms with Crippen LogP contribution >= 0.6 is 0 Å². The lowest BCUT2D eigenvalue weighted by atomic mass is 10.0. The molecule has 1 aromatic heterocycles. The van der Waals surface area contributed by atoms with E-state index in [4.69, 9.17) is 0 Å². The monoisotopic (exact) mass is 417 g/mol. The third-order valence-corrected chi connectivity index (χ3v) is 6.06. The van der Waals surface area contributed by atoms with E-state index in [-0.39, 0.29) is 11.9 Å². The lowest BCUT2D eigenvalue weighted by molar-refractivity contribution is -0.119. The number of benzene rings is 2. The van der Waals surface area contributed by atoms with Crippen LogP contribution in [0.2, 0.25) is 0 Å². The SMILES string of the molecule is CCC(=O)N(c1cccc(Cn2ccnn2)c1)C1CCN(CCc2ccccc2)CC1. The molecule has 1 aliphatic rings. The quantitative estimate of drug-likeness (QED) is 0.560. The average molecular weight is 418 g/mol. The Morgan fingerprint density at radius 3 is 2.55 bits per heavy atom. The third-order valence-electron chi connectivity index (χ3n) is 6.06. The largest absolute Gasteiger partial charge is 0.309 e.